The predicted octanol–water partition coefficient (Wildman–Crippen LogP) is 4.99. The standard InChI is InChI=1S/C15H22BrNOS/c1-4-9-18-15(7-5-6-8-16)12(2)10-14-11-19-13(3)17-14/h5-6,10-11,15H,4,7-9H2,1-3H3/b6-5-,12-10+/t15-/m0/s1. The zero-order valence-electron chi connectivity index (χ0n) is 11.9. The lowest BCUT2D eigenvalue weighted by atomic mass is 10.1. The van der Waals surface area contributed by atoms with E-state index in [0.29, 0.717) is 0 Å². The molecule has 4 heteroatoms. The van der Waals surface area contributed by atoms with Crippen molar-refractivity contribution in [2.75, 3.05) is 11.9 Å². The number of hydrogen-bond donors (Lipinski definition) is 0. The normalized spacial score (nSPS) is 14.2. The van der Waals surface area contributed by atoms with Crippen molar-refractivity contribution in [1.29, 1.82) is 0 Å². The molecule has 0 N–H and O–H groups in total. The smallest absolute Gasteiger partial charge is 0.0901 e. The fraction of sp³-hybridized carbons (Fsp3) is 0.533. The molecule has 0 aliphatic rings. The first-order valence-electron chi connectivity index (χ1n) is 6.60. The largest absolute Gasteiger partial charge is 0.374 e. The summed E-state index contributed by atoms with van der Waals surface area (Å²) in [4.78, 5) is 4.47. The molecule has 1 aromatic rings. The van der Waals surface area contributed by atoms with Gasteiger partial charge in [0.25, 0.3) is 0 Å². The van der Waals surface area contributed by atoms with Crippen LogP contribution in [0.1, 0.15) is 37.4 Å². The van der Waals surface area contributed by atoms with Gasteiger partial charge in [-0.15, -0.1) is 11.3 Å². The van der Waals surface area contributed by atoms with Crippen molar-refractivity contribution in [3.63, 3.8) is 0 Å². The zero-order valence-corrected chi connectivity index (χ0v) is 14.3. The van der Waals surface area contributed by atoms with Crippen molar-refractivity contribution in [3.05, 3.63) is 33.8 Å². The van der Waals surface area contributed by atoms with Crippen LogP contribution in [0.25, 0.3) is 6.08 Å². The Morgan fingerprint density at radius 3 is 2.89 bits per heavy atom. The second kappa shape index (κ2) is 9.45. The summed E-state index contributed by atoms with van der Waals surface area (Å²) in [5, 5.41) is 4.08. The number of aryl methyl sites for hydroxylation is 1. The van der Waals surface area contributed by atoms with Crippen molar-refractivity contribution in [2.45, 2.75) is 39.7 Å². The Hall–Kier alpha value is -0.450. The van der Waals surface area contributed by atoms with Gasteiger partial charge in [0.05, 0.1) is 16.8 Å². The Morgan fingerprint density at radius 1 is 1.53 bits per heavy atom. The molecular weight excluding hydrogens is 322 g/mol. The lowest BCUT2D eigenvalue weighted by molar-refractivity contribution is 0.0806. The summed E-state index contributed by atoms with van der Waals surface area (Å²) in [5.41, 5.74) is 2.27. The summed E-state index contributed by atoms with van der Waals surface area (Å²) in [6, 6.07) is 0. The third-order valence-corrected chi connectivity index (χ3v) is 3.81. The van der Waals surface area contributed by atoms with E-state index >= 15 is 0 Å². The van der Waals surface area contributed by atoms with E-state index in [1.807, 2.05) is 6.92 Å². The Bertz CT molecular complexity index is 426. The third-order valence-electron chi connectivity index (χ3n) is 2.65. The Kier molecular flexibility index (Phi) is 8.26. The van der Waals surface area contributed by atoms with Crippen LogP contribution in [0.3, 0.4) is 0 Å². The Balaban J connectivity index is 2.71. The van der Waals surface area contributed by atoms with E-state index in [9.17, 15) is 0 Å². The molecule has 0 radical (unpaired) electrons. The van der Waals surface area contributed by atoms with Crippen molar-refractivity contribution in [3.8, 4) is 0 Å². The zero-order chi connectivity index (χ0) is 14.1. The molecule has 0 amide bonds. The van der Waals surface area contributed by atoms with E-state index in [1.165, 1.54) is 5.57 Å². The molecule has 1 aromatic heterocycles. The topological polar surface area (TPSA) is 22.1 Å². The maximum atomic E-state index is 5.92. The number of ether oxygens (including phenoxy) is 1. The lowest BCUT2D eigenvalue weighted by Crippen LogP contribution is -2.14. The monoisotopic (exact) mass is 343 g/mol. The highest BCUT2D eigenvalue weighted by atomic mass is 79.9. The van der Waals surface area contributed by atoms with E-state index in [2.05, 4.69) is 58.4 Å². The molecule has 19 heavy (non-hydrogen) atoms. The first kappa shape index (κ1) is 16.6. The number of allylic oxidation sites excluding steroid dienone is 1. The van der Waals surface area contributed by atoms with Crippen LogP contribution in [0.15, 0.2) is 23.1 Å². The molecule has 1 rings (SSSR count). The van der Waals surface area contributed by atoms with E-state index in [0.717, 1.165) is 35.5 Å². The highest BCUT2D eigenvalue weighted by molar-refractivity contribution is 9.09. The second-order valence-electron chi connectivity index (χ2n) is 4.40. The molecule has 1 atom stereocenters. The molecule has 0 bridgehead atoms. The molecule has 0 fully saturated rings. The molecule has 0 aromatic carbocycles. The molecule has 0 aliphatic carbocycles. The summed E-state index contributed by atoms with van der Waals surface area (Å²) in [7, 11) is 0. The van der Waals surface area contributed by atoms with Crippen LogP contribution in [0.5, 0.6) is 0 Å². The maximum Gasteiger partial charge on any atom is 0.0901 e. The third kappa shape index (κ3) is 6.50. The summed E-state index contributed by atoms with van der Waals surface area (Å²) in [6.45, 7) is 7.08. The number of rotatable bonds is 8. The fourth-order valence-corrected chi connectivity index (χ4v) is 2.54. The van der Waals surface area contributed by atoms with Gasteiger partial charge in [0.2, 0.25) is 0 Å². The van der Waals surface area contributed by atoms with Gasteiger partial charge in [0.1, 0.15) is 0 Å². The maximum absolute atomic E-state index is 5.92. The number of hydrogen-bond acceptors (Lipinski definition) is 3. The van der Waals surface area contributed by atoms with Crippen LogP contribution in [0.2, 0.25) is 0 Å². The van der Waals surface area contributed by atoms with Crippen LogP contribution < -0.4 is 0 Å². The second-order valence-corrected chi connectivity index (χ2v) is 6.11. The minimum absolute atomic E-state index is 0.150. The first-order valence-corrected chi connectivity index (χ1v) is 8.60. The highest BCUT2D eigenvalue weighted by Gasteiger charge is 2.10. The molecule has 0 aliphatic heterocycles. The number of halogens is 1. The molecule has 2 nitrogen and oxygen atoms in total. The minimum atomic E-state index is 0.150. The van der Waals surface area contributed by atoms with Crippen molar-refractivity contribution < 1.29 is 4.74 Å². The van der Waals surface area contributed by atoms with Crippen molar-refractivity contribution in [2.24, 2.45) is 0 Å². The summed E-state index contributed by atoms with van der Waals surface area (Å²) >= 11 is 5.08. The van der Waals surface area contributed by atoms with E-state index in [1.54, 1.807) is 11.3 Å². The SMILES string of the molecule is CCCO[C@@H](C/C=C\CBr)/C(C)=C/c1csc(C)n1. The molecule has 106 valence electrons. The van der Waals surface area contributed by atoms with Gasteiger partial charge >= 0.3 is 0 Å². The summed E-state index contributed by atoms with van der Waals surface area (Å²) in [5.74, 6) is 0. The lowest BCUT2D eigenvalue weighted by Gasteiger charge is -2.16. The molecule has 0 unspecified atom stereocenters. The van der Waals surface area contributed by atoms with Crippen molar-refractivity contribution in [1.82, 2.24) is 4.98 Å². The minimum Gasteiger partial charge on any atom is -0.374 e. The van der Waals surface area contributed by atoms with E-state index in [4.69, 9.17) is 4.74 Å². The van der Waals surface area contributed by atoms with Crippen LogP contribution >= 0.6 is 27.3 Å². The Morgan fingerprint density at radius 2 is 2.32 bits per heavy atom. The van der Waals surface area contributed by atoms with E-state index in [-0.39, 0.29) is 6.10 Å². The van der Waals surface area contributed by atoms with Gasteiger partial charge in [-0.2, -0.15) is 0 Å². The quantitative estimate of drug-likeness (QED) is 0.489. The first-order chi connectivity index (χ1) is 9.17. The fourth-order valence-electron chi connectivity index (χ4n) is 1.70. The molecule has 1 heterocycles. The van der Waals surface area contributed by atoms with Gasteiger partial charge < -0.3 is 4.74 Å². The van der Waals surface area contributed by atoms with Gasteiger partial charge in [-0.3, -0.25) is 0 Å². The van der Waals surface area contributed by atoms with Gasteiger partial charge in [-0.05, 0) is 38.3 Å². The highest BCUT2D eigenvalue weighted by Crippen LogP contribution is 2.17. The molecule has 0 spiro atoms. The predicted molar refractivity (Wildman–Crippen MR) is 88.1 cm³/mol. The summed E-state index contributed by atoms with van der Waals surface area (Å²) in [6.07, 6.45) is 8.52. The van der Waals surface area contributed by atoms with Crippen LogP contribution in [-0.2, 0) is 4.74 Å². The average Bonchev–Trinajstić information content (AvgIpc) is 2.79. The summed E-state index contributed by atoms with van der Waals surface area (Å²) < 4.78 is 5.92. The average molecular weight is 344 g/mol. The van der Waals surface area contributed by atoms with Gasteiger partial charge in [0, 0.05) is 17.3 Å². The Labute approximate surface area is 128 Å². The number of aromatic nitrogens is 1. The number of alkyl halides is 1. The number of nitrogens with zero attached hydrogens (tertiary/aromatic N) is 1. The number of thiazole rings is 1. The molecule has 0 saturated carbocycles. The van der Waals surface area contributed by atoms with Crippen LogP contribution in [-0.4, -0.2) is 23.0 Å². The van der Waals surface area contributed by atoms with Crippen LogP contribution in [0.4, 0.5) is 0 Å². The van der Waals surface area contributed by atoms with Gasteiger partial charge in [-0.25, -0.2) is 4.98 Å². The van der Waals surface area contributed by atoms with E-state index < -0.39 is 0 Å². The van der Waals surface area contributed by atoms with Gasteiger partial charge in [-0.1, -0.05) is 35.0 Å². The van der Waals surface area contributed by atoms with Crippen LogP contribution in [0, 0.1) is 6.92 Å². The van der Waals surface area contributed by atoms with Gasteiger partial charge in [0.15, 0.2) is 0 Å². The molecule has 0 saturated heterocycles. The molecular formula is C15H22BrNOS. The van der Waals surface area contributed by atoms with Crippen molar-refractivity contribution >= 4 is 33.3 Å².